The number of benzene rings is 1. The summed E-state index contributed by atoms with van der Waals surface area (Å²) >= 11 is 1.22. The van der Waals surface area contributed by atoms with Gasteiger partial charge in [0.25, 0.3) is 0 Å². The van der Waals surface area contributed by atoms with Crippen molar-refractivity contribution in [2.75, 3.05) is 19.1 Å². The van der Waals surface area contributed by atoms with Crippen molar-refractivity contribution in [2.45, 2.75) is 6.92 Å². The lowest BCUT2D eigenvalue weighted by Gasteiger charge is -2.15. The number of carbonyl (C=O) groups is 1. The predicted molar refractivity (Wildman–Crippen MR) is 72.7 cm³/mol. The zero-order valence-electron chi connectivity index (χ0n) is 10.8. The van der Waals surface area contributed by atoms with E-state index in [1.165, 1.54) is 30.6 Å². The minimum absolute atomic E-state index is 0.314. The molecule has 0 aliphatic rings. The molecule has 100 valence electrons. The van der Waals surface area contributed by atoms with Gasteiger partial charge in [-0.05, 0) is 25.1 Å². The fraction of sp³-hybridized carbons (Fsp3) is 0.231. The number of methoxy groups -OCH3 is 1. The monoisotopic (exact) mass is 280 g/mol. The number of rotatable bonds is 3. The van der Waals surface area contributed by atoms with Crippen LogP contribution >= 0.6 is 11.3 Å². The van der Waals surface area contributed by atoms with E-state index in [1.54, 1.807) is 31.0 Å². The van der Waals surface area contributed by atoms with Gasteiger partial charge in [-0.3, -0.25) is 0 Å². The Labute approximate surface area is 114 Å². The van der Waals surface area contributed by atoms with Crippen LogP contribution in [0.5, 0.6) is 0 Å². The highest BCUT2D eigenvalue weighted by molar-refractivity contribution is 7.17. The molecule has 0 bridgehead atoms. The van der Waals surface area contributed by atoms with Gasteiger partial charge in [0.2, 0.25) is 0 Å². The smallest absolute Gasteiger partial charge is 0.350 e. The fourth-order valence-corrected chi connectivity index (χ4v) is 2.57. The lowest BCUT2D eigenvalue weighted by Crippen LogP contribution is -2.09. The van der Waals surface area contributed by atoms with Gasteiger partial charge < -0.3 is 9.64 Å². The lowest BCUT2D eigenvalue weighted by molar-refractivity contribution is 0.0605. The van der Waals surface area contributed by atoms with Gasteiger partial charge in [0.15, 0.2) is 5.13 Å². The first-order valence-electron chi connectivity index (χ1n) is 5.58. The van der Waals surface area contributed by atoms with Gasteiger partial charge >= 0.3 is 5.97 Å². The van der Waals surface area contributed by atoms with E-state index in [2.05, 4.69) is 9.72 Å². The maximum absolute atomic E-state index is 13.2. The minimum Gasteiger partial charge on any atom is -0.465 e. The summed E-state index contributed by atoms with van der Waals surface area (Å²) in [4.78, 5) is 18.0. The van der Waals surface area contributed by atoms with E-state index in [9.17, 15) is 9.18 Å². The first-order chi connectivity index (χ1) is 9.02. The Balaban J connectivity index is 2.34. The van der Waals surface area contributed by atoms with E-state index >= 15 is 0 Å². The van der Waals surface area contributed by atoms with Crippen molar-refractivity contribution >= 4 is 28.1 Å². The van der Waals surface area contributed by atoms with E-state index in [0.29, 0.717) is 21.4 Å². The SMILES string of the molecule is COC(=O)c1sc(N(C)c2cccc(F)c2)nc1C. The van der Waals surface area contributed by atoms with Crippen LogP contribution in [0.4, 0.5) is 15.2 Å². The normalized spacial score (nSPS) is 10.3. The number of ether oxygens (including phenoxy) is 1. The number of hydrogen-bond acceptors (Lipinski definition) is 5. The van der Waals surface area contributed by atoms with Crippen molar-refractivity contribution in [3.05, 3.63) is 40.7 Å². The Morgan fingerprint density at radius 1 is 1.47 bits per heavy atom. The molecule has 0 unspecified atom stereocenters. The van der Waals surface area contributed by atoms with Gasteiger partial charge in [0.05, 0.1) is 12.8 Å². The van der Waals surface area contributed by atoms with Crippen LogP contribution in [-0.2, 0) is 4.74 Å². The number of aryl methyl sites for hydroxylation is 1. The quantitative estimate of drug-likeness (QED) is 0.810. The molecule has 0 spiro atoms. The summed E-state index contributed by atoms with van der Waals surface area (Å²) in [7, 11) is 3.10. The standard InChI is InChI=1S/C13H13FN2O2S/c1-8-11(12(17)18-3)19-13(15-8)16(2)10-6-4-5-9(14)7-10/h4-7H,1-3H3. The van der Waals surface area contributed by atoms with Gasteiger partial charge in [-0.1, -0.05) is 17.4 Å². The van der Waals surface area contributed by atoms with Gasteiger partial charge in [-0.2, -0.15) is 0 Å². The van der Waals surface area contributed by atoms with E-state index in [0.717, 1.165) is 0 Å². The average molecular weight is 280 g/mol. The Bertz CT molecular complexity index is 612. The third kappa shape index (κ3) is 2.73. The molecule has 1 heterocycles. The van der Waals surface area contributed by atoms with Crippen LogP contribution in [0.1, 0.15) is 15.4 Å². The first kappa shape index (κ1) is 13.5. The molecular formula is C13H13FN2O2S. The van der Waals surface area contributed by atoms with E-state index in [1.807, 2.05) is 0 Å². The van der Waals surface area contributed by atoms with Gasteiger partial charge in [-0.25, -0.2) is 14.2 Å². The maximum atomic E-state index is 13.2. The number of carbonyl (C=O) groups excluding carboxylic acids is 1. The van der Waals surface area contributed by atoms with Crippen LogP contribution in [-0.4, -0.2) is 25.1 Å². The first-order valence-corrected chi connectivity index (χ1v) is 6.39. The summed E-state index contributed by atoms with van der Waals surface area (Å²) in [6.45, 7) is 1.74. The third-order valence-corrected chi connectivity index (χ3v) is 3.85. The van der Waals surface area contributed by atoms with Crippen LogP contribution in [0.15, 0.2) is 24.3 Å². The fourth-order valence-electron chi connectivity index (χ4n) is 1.60. The van der Waals surface area contributed by atoms with Crippen molar-refractivity contribution < 1.29 is 13.9 Å². The molecule has 0 fully saturated rings. The van der Waals surface area contributed by atoms with Crippen molar-refractivity contribution in [1.82, 2.24) is 4.98 Å². The number of nitrogens with zero attached hydrogens (tertiary/aromatic N) is 2. The lowest BCUT2D eigenvalue weighted by atomic mass is 10.3. The number of esters is 1. The molecule has 0 aliphatic carbocycles. The molecule has 6 heteroatoms. The molecule has 4 nitrogen and oxygen atoms in total. The molecule has 2 rings (SSSR count). The largest absolute Gasteiger partial charge is 0.465 e. The second-order valence-corrected chi connectivity index (χ2v) is 4.92. The van der Waals surface area contributed by atoms with Crippen LogP contribution in [0.3, 0.4) is 0 Å². The van der Waals surface area contributed by atoms with Crippen LogP contribution in [0.25, 0.3) is 0 Å². The molecular weight excluding hydrogens is 267 g/mol. The molecule has 0 saturated carbocycles. The predicted octanol–water partition coefficient (Wildman–Crippen LogP) is 3.15. The molecule has 1 aromatic carbocycles. The Morgan fingerprint density at radius 3 is 2.84 bits per heavy atom. The summed E-state index contributed by atoms with van der Waals surface area (Å²) in [5.41, 5.74) is 1.28. The Morgan fingerprint density at radius 2 is 2.21 bits per heavy atom. The molecule has 0 aliphatic heterocycles. The molecule has 1 aromatic heterocycles. The maximum Gasteiger partial charge on any atom is 0.350 e. The highest BCUT2D eigenvalue weighted by atomic mass is 32.1. The highest BCUT2D eigenvalue weighted by Crippen LogP contribution is 2.30. The number of halogens is 1. The van der Waals surface area contributed by atoms with E-state index in [4.69, 9.17) is 0 Å². The number of thiazole rings is 1. The van der Waals surface area contributed by atoms with Gasteiger partial charge in [0.1, 0.15) is 10.7 Å². The minimum atomic E-state index is -0.408. The van der Waals surface area contributed by atoms with Gasteiger partial charge in [0, 0.05) is 12.7 Å². The molecule has 19 heavy (non-hydrogen) atoms. The summed E-state index contributed by atoms with van der Waals surface area (Å²) in [5, 5.41) is 0.614. The van der Waals surface area contributed by atoms with E-state index in [-0.39, 0.29) is 5.82 Å². The number of aromatic nitrogens is 1. The second-order valence-electron chi connectivity index (χ2n) is 3.94. The molecule has 0 N–H and O–H groups in total. The van der Waals surface area contributed by atoms with E-state index < -0.39 is 5.97 Å². The van der Waals surface area contributed by atoms with Crippen molar-refractivity contribution in [2.24, 2.45) is 0 Å². The van der Waals surface area contributed by atoms with Crippen molar-refractivity contribution in [1.29, 1.82) is 0 Å². The number of anilines is 2. The summed E-state index contributed by atoms with van der Waals surface area (Å²) in [5.74, 6) is -0.722. The van der Waals surface area contributed by atoms with Crippen molar-refractivity contribution in [3.63, 3.8) is 0 Å². The molecule has 0 saturated heterocycles. The molecule has 0 amide bonds. The van der Waals surface area contributed by atoms with Crippen LogP contribution in [0.2, 0.25) is 0 Å². The van der Waals surface area contributed by atoms with Gasteiger partial charge in [-0.15, -0.1) is 0 Å². The molecule has 0 atom stereocenters. The molecule has 2 aromatic rings. The highest BCUT2D eigenvalue weighted by Gasteiger charge is 2.18. The third-order valence-electron chi connectivity index (χ3n) is 2.64. The van der Waals surface area contributed by atoms with Crippen LogP contribution < -0.4 is 4.90 Å². The second kappa shape index (κ2) is 5.36. The van der Waals surface area contributed by atoms with Crippen LogP contribution in [0, 0.1) is 12.7 Å². The topological polar surface area (TPSA) is 42.4 Å². The number of hydrogen-bond donors (Lipinski definition) is 0. The summed E-state index contributed by atoms with van der Waals surface area (Å²) in [6, 6.07) is 6.19. The zero-order chi connectivity index (χ0) is 14.0. The van der Waals surface area contributed by atoms with Crippen molar-refractivity contribution in [3.8, 4) is 0 Å². The average Bonchev–Trinajstić information content (AvgIpc) is 2.79. The summed E-state index contributed by atoms with van der Waals surface area (Å²) < 4.78 is 17.9. The Kier molecular flexibility index (Phi) is 3.80. The molecule has 0 radical (unpaired) electrons. The summed E-state index contributed by atoms with van der Waals surface area (Å²) in [6.07, 6.45) is 0. The zero-order valence-corrected chi connectivity index (χ0v) is 11.6. The Hall–Kier alpha value is -1.95.